The Morgan fingerprint density at radius 1 is 1.45 bits per heavy atom. The number of aliphatic imine (C=N–C) groups is 1. The summed E-state index contributed by atoms with van der Waals surface area (Å²) in [4.78, 5) is 19.0. The van der Waals surface area contributed by atoms with Gasteiger partial charge in [0.1, 0.15) is 17.6 Å². The number of hydrogen-bond donors (Lipinski definition) is 2. The van der Waals surface area contributed by atoms with Crippen LogP contribution in [0.3, 0.4) is 0 Å². The summed E-state index contributed by atoms with van der Waals surface area (Å²) in [7, 11) is 4.05. The third kappa shape index (κ3) is 3.16. The van der Waals surface area contributed by atoms with Crippen LogP contribution in [-0.2, 0) is 4.79 Å². The molecule has 2 aliphatic heterocycles. The number of amidine groups is 1. The van der Waals surface area contributed by atoms with Gasteiger partial charge in [0.25, 0.3) is 5.91 Å². The number of amides is 1. The van der Waals surface area contributed by atoms with Gasteiger partial charge in [-0.05, 0) is 32.3 Å². The lowest BCUT2D eigenvalue weighted by molar-refractivity contribution is -0.127. The summed E-state index contributed by atoms with van der Waals surface area (Å²) in [6, 6.07) is 5.49. The second kappa shape index (κ2) is 6.36. The minimum atomic E-state index is -0.560. The average molecular weight is 367 g/mol. The van der Waals surface area contributed by atoms with Crippen molar-refractivity contribution in [3.8, 4) is 5.75 Å². The molecule has 1 aromatic rings. The lowest BCUT2D eigenvalue weighted by Crippen LogP contribution is -2.50. The summed E-state index contributed by atoms with van der Waals surface area (Å²) >= 11 is 3.45. The van der Waals surface area contributed by atoms with Crippen molar-refractivity contribution >= 4 is 27.7 Å². The zero-order valence-electron chi connectivity index (χ0n) is 12.6. The van der Waals surface area contributed by atoms with E-state index in [2.05, 4.69) is 36.5 Å². The topological polar surface area (TPSA) is 66.0 Å². The molecule has 22 heavy (non-hydrogen) atoms. The summed E-state index contributed by atoms with van der Waals surface area (Å²) in [5, 5.41) is 6.11. The number of hydrogen-bond acceptors (Lipinski definition) is 5. The maximum atomic E-state index is 12.2. The van der Waals surface area contributed by atoms with E-state index in [-0.39, 0.29) is 11.9 Å². The fraction of sp³-hybridized carbons (Fsp3) is 0.467. The van der Waals surface area contributed by atoms with Crippen molar-refractivity contribution in [3.05, 3.63) is 28.2 Å². The van der Waals surface area contributed by atoms with E-state index in [4.69, 9.17) is 4.74 Å². The Hall–Kier alpha value is -1.44. The second-order valence-corrected chi connectivity index (χ2v) is 6.63. The summed E-state index contributed by atoms with van der Waals surface area (Å²) in [6.45, 7) is 2.33. The highest BCUT2D eigenvalue weighted by Gasteiger charge is 2.42. The molecular formula is C15H19BrN4O2. The van der Waals surface area contributed by atoms with E-state index in [0.717, 1.165) is 28.9 Å². The molecule has 0 saturated heterocycles. The molecule has 2 heterocycles. The number of nitrogens with one attached hydrogen (secondary N) is 2. The minimum absolute atomic E-state index is 0.128. The van der Waals surface area contributed by atoms with E-state index < -0.39 is 6.10 Å². The SMILES string of the molecule is CN(C)CCNCC1=NC2c3cc(Br)ccc3OC2C(=O)N1. The van der Waals surface area contributed by atoms with Gasteiger partial charge in [-0.15, -0.1) is 0 Å². The van der Waals surface area contributed by atoms with Crippen molar-refractivity contribution in [2.24, 2.45) is 4.99 Å². The van der Waals surface area contributed by atoms with Gasteiger partial charge in [-0.25, -0.2) is 0 Å². The molecule has 0 aliphatic carbocycles. The quantitative estimate of drug-likeness (QED) is 0.760. The zero-order chi connectivity index (χ0) is 15.7. The molecule has 7 heteroatoms. The molecule has 1 aromatic carbocycles. The van der Waals surface area contributed by atoms with E-state index in [0.29, 0.717) is 12.4 Å². The fourth-order valence-electron chi connectivity index (χ4n) is 2.57. The molecular weight excluding hydrogens is 348 g/mol. The van der Waals surface area contributed by atoms with Crippen LogP contribution in [0.25, 0.3) is 0 Å². The molecule has 0 aromatic heterocycles. The molecule has 2 aliphatic rings. The lowest BCUT2D eigenvalue weighted by atomic mass is 10.0. The predicted molar refractivity (Wildman–Crippen MR) is 88.3 cm³/mol. The monoisotopic (exact) mass is 366 g/mol. The van der Waals surface area contributed by atoms with E-state index in [1.807, 2.05) is 32.3 Å². The zero-order valence-corrected chi connectivity index (χ0v) is 14.2. The van der Waals surface area contributed by atoms with Crippen LogP contribution in [0.15, 0.2) is 27.7 Å². The molecule has 2 atom stereocenters. The first-order chi connectivity index (χ1) is 10.5. The van der Waals surface area contributed by atoms with Gasteiger partial charge in [0.2, 0.25) is 6.10 Å². The van der Waals surface area contributed by atoms with Gasteiger partial charge in [-0.2, -0.15) is 0 Å². The molecule has 0 spiro atoms. The molecule has 3 rings (SSSR count). The van der Waals surface area contributed by atoms with Gasteiger partial charge in [0, 0.05) is 23.1 Å². The van der Waals surface area contributed by atoms with Crippen LogP contribution in [0.2, 0.25) is 0 Å². The van der Waals surface area contributed by atoms with Crippen LogP contribution in [0.5, 0.6) is 5.75 Å². The largest absolute Gasteiger partial charge is 0.478 e. The average Bonchev–Trinajstić information content (AvgIpc) is 2.82. The molecule has 0 bridgehead atoms. The third-order valence-electron chi connectivity index (χ3n) is 3.68. The number of carbonyl (C=O) groups is 1. The molecule has 2 unspecified atom stereocenters. The first-order valence-electron chi connectivity index (χ1n) is 7.23. The normalized spacial score (nSPS) is 22.7. The number of likely N-dealkylation sites (N-methyl/N-ethyl adjacent to an activating group) is 1. The number of nitrogens with zero attached hydrogens (tertiary/aromatic N) is 2. The number of halogens is 1. The number of fused-ring (bicyclic) bond motifs is 3. The third-order valence-corrected chi connectivity index (χ3v) is 4.17. The number of rotatable bonds is 5. The van der Waals surface area contributed by atoms with Crippen molar-refractivity contribution in [2.75, 3.05) is 33.7 Å². The van der Waals surface area contributed by atoms with Crippen LogP contribution >= 0.6 is 15.9 Å². The maximum absolute atomic E-state index is 12.2. The van der Waals surface area contributed by atoms with Crippen LogP contribution in [0.4, 0.5) is 0 Å². The second-order valence-electron chi connectivity index (χ2n) is 5.71. The molecule has 2 N–H and O–H groups in total. The first-order valence-corrected chi connectivity index (χ1v) is 8.03. The lowest BCUT2D eigenvalue weighted by Gasteiger charge is -2.23. The summed E-state index contributed by atoms with van der Waals surface area (Å²) in [6.07, 6.45) is -0.560. The van der Waals surface area contributed by atoms with E-state index >= 15 is 0 Å². The fourth-order valence-corrected chi connectivity index (χ4v) is 2.95. The Labute approximate surface area is 138 Å². The Kier molecular flexibility index (Phi) is 4.46. The van der Waals surface area contributed by atoms with Crippen molar-refractivity contribution in [1.82, 2.24) is 15.5 Å². The molecule has 0 radical (unpaired) electrons. The van der Waals surface area contributed by atoms with Gasteiger partial charge in [-0.3, -0.25) is 9.79 Å². The standard InChI is InChI=1S/C15H19BrN4O2/c1-20(2)6-5-17-8-12-18-13-10-7-9(16)3-4-11(10)22-14(13)15(21)19-12/h3-4,7,13-14,17H,5-6,8H2,1-2H3,(H,18,19,21). The first kappa shape index (κ1) is 15.5. The van der Waals surface area contributed by atoms with Gasteiger partial charge in [-0.1, -0.05) is 15.9 Å². The molecule has 0 saturated carbocycles. The number of benzene rings is 1. The molecule has 0 fully saturated rings. The smallest absolute Gasteiger partial charge is 0.269 e. The predicted octanol–water partition coefficient (Wildman–Crippen LogP) is 0.931. The summed E-state index contributed by atoms with van der Waals surface area (Å²) in [5.74, 6) is 1.28. The highest BCUT2D eigenvalue weighted by Crippen LogP contribution is 2.41. The Balaban J connectivity index is 1.72. The Morgan fingerprint density at radius 2 is 2.27 bits per heavy atom. The Morgan fingerprint density at radius 3 is 3.05 bits per heavy atom. The summed E-state index contributed by atoms with van der Waals surface area (Å²) in [5.41, 5.74) is 0.958. The Bertz CT molecular complexity index is 618. The number of carbonyl (C=O) groups excluding carboxylic acids is 1. The van der Waals surface area contributed by atoms with Crippen LogP contribution in [0, 0.1) is 0 Å². The van der Waals surface area contributed by atoms with E-state index in [1.165, 1.54) is 0 Å². The van der Waals surface area contributed by atoms with Crippen LogP contribution < -0.4 is 15.4 Å². The van der Waals surface area contributed by atoms with E-state index in [9.17, 15) is 4.79 Å². The van der Waals surface area contributed by atoms with Crippen molar-refractivity contribution < 1.29 is 9.53 Å². The highest BCUT2D eigenvalue weighted by atomic mass is 79.9. The van der Waals surface area contributed by atoms with E-state index in [1.54, 1.807) is 0 Å². The molecule has 1 amide bonds. The van der Waals surface area contributed by atoms with Gasteiger partial charge in [0.15, 0.2) is 0 Å². The van der Waals surface area contributed by atoms with Crippen LogP contribution in [0.1, 0.15) is 11.6 Å². The van der Waals surface area contributed by atoms with Gasteiger partial charge in [0.05, 0.1) is 6.54 Å². The molecule has 6 nitrogen and oxygen atoms in total. The minimum Gasteiger partial charge on any atom is -0.478 e. The van der Waals surface area contributed by atoms with Crippen molar-refractivity contribution in [3.63, 3.8) is 0 Å². The van der Waals surface area contributed by atoms with Crippen molar-refractivity contribution in [1.29, 1.82) is 0 Å². The van der Waals surface area contributed by atoms with Crippen molar-refractivity contribution in [2.45, 2.75) is 12.1 Å². The molecule has 118 valence electrons. The maximum Gasteiger partial charge on any atom is 0.269 e. The number of ether oxygens (including phenoxy) is 1. The van der Waals surface area contributed by atoms with Crippen LogP contribution in [-0.4, -0.2) is 56.5 Å². The van der Waals surface area contributed by atoms with Gasteiger partial charge >= 0.3 is 0 Å². The summed E-state index contributed by atoms with van der Waals surface area (Å²) < 4.78 is 6.68. The highest BCUT2D eigenvalue weighted by molar-refractivity contribution is 9.10. The van der Waals surface area contributed by atoms with Gasteiger partial charge < -0.3 is 20.3 Å².